The van der Waals surface area contributed by atoms with Crippen LogP contribution in [0, 0.1) is 5.41 Å². The van der Waals surface area contributed by atoms with Crippen LogP contribution < -0.4 is 5.43 Å². The van der Waals surface area contributed by atoms with Gasteiger partial charge in [-0.2, -0.15) is 15.1 Å². The molecule has 2 aliphatic rings. The summed E-state index contributed by atoms with van der Waals surface area (Å²) in [6.07, 6.45) is 5.77. The van der Waals surface area contributed by atoms with Gasteiger partial charge in [-0.05, 0) is 42.1 Å². The lowest BCUT2D eigenvalue weighted by Crippen LogP contribution is -2.35. The highest BCUT2D eigenvalue weighted by Gasteiger charge is 2.36. The number of para-hydroxylation sites is 1. The van der Waals surface area contributed by atoms with Crippen molar-refractivity contribution in [3.8, 4) is 0 Å². The lowest BCUT2D eigenvalue weighted by molar-refractivity contribution is -0.114. The number of hydrogen-bond donors (Lipinski definition) is 1. The predicted molar refractivity (Wildman–Crippen MR) is 116 cm³/mol. The number of nitrogens with zero attached hydrogens (tertiary/aromatic N) is 4. The van der Waals surface area contributed by atoms with Gasteiger partial charge in [-0.3, -0.25) is 20.0 Å². The molecule has 0 saturated heterocycles. The molecule has 4 heterocycles. The Labute approximate surface area is 178 Å². The summed E-state index contributed by atoms with van der Waals surface area (Å²) < 4.78 is 5.48. The minimum Gasteiger partial charge on any atom is -0.462 e. The molecule has 3 aromatic rings. The third-order valence-electron chi connectivity index (χ3n) is 4.46. The van der Waals surface area contributed by atoms with Gasteiger partial charge in [0, 0.05) is 18.0 Å². The fourth-order valence-corrected chi connectivity index (χ4v) is 4.11. The molecule has 0 unspecified atom stereocenters. The van der Waals surface area contributed by atoms with Crippen LogP contribution in [0.25, 0.3) is 17.0 Å². The topological polar surface area (TPSA) is 112 Å². The van der Waals surface area contributed by atoms with E-state index < -0.39 is 5.91 Å². The smallest absolute Gasteiger partial charge is 0.283 e. The van der Waals surface area contributed by atoms with Crippen molar-refractivity contribution in [2.75, 3.05) is 0 Å². The largest absolute Gasteiger partial charge is 0.462 e. The third kappa shape index (κ3) is 2.95. The summed E-state index contributed by atoms with van der Waals surface area (Å²) in [6, 6.07) is 8.39. The van der Waals surface area contributed by atoms with E-state index in [1.807, 2.05) is 0 Å². The standard InChI is InChI=1S/C20H10ClN5O3S/c21-14-3-1-2-12-15(27)11(9-29-16(12)14)8-13-17(22)26-20(24-18(13)28)30-19(25-26)10-4-6-23-7-5-10/h1-9,22H. The van der Waals surface area contributed by atoms with Gasteiger partial charge in [0.15, 0.2) is 16.8 Å². The number of amides is 1. The summed E-state index contributed by atoms with van der Waals surface area (Å²) in [7, 11) is 0. The number of thioether (sulfide) groups is 1. The number of rotatable bonds is 2. The maximum absolute atomic E-state index is 12.8. The highest BCUT2D eigenvalue weighted by Crippen LogP contribution is 2.30. The molecule has 1 N–H and O–H groups in total. The minimum absolute atomic E-state index is 0.0623. The summed E-state index contributed by atoms with van der Waals surface area (Å²) in [5.74, 6) is -0.803. The van der Waals surface area contributed by atoms with E-state index in [2.05, 4.69) is 15.1 Å². The van der Waals surface area contributed by atoms with E-state index in [0.29, 0.717) is 10.1 Å². The van der Waals surface area contributed by atoms with Crippen LogP contribution in [0.15, 0.2) is 73.9 Å². The van der Waals surface area contributed by atoms with Gasteiger partial charge in [0.2, 0.25) is 5.17 Å². The number of benzene rings is 1. The lowest BCUT2D eigenvalue weighted by atomic mass is 10.1. The highest BCUT2D eigenvalue weighted by molar-refractivity contribution is 8.27. The zero-order valence-corrected chi connectivity index (χ0v) is 16.6. The quantitative estimate of drug-likeness (QED) is 0.616. The number of hydrogen-bond acceptors (Lipinski definition) is 7. The SMILES string of the molecule is N=C1C(=Cc2coc3c(Cl)cccc3c2=O)C(=O)N=C2SC(c3ccncc3)=NN12. The van der Waals surface area contributed by atoms with Crippen molar-refractivity contribution in [3.63, 3.8) is 0 Å². The molecular formula is C20H10ClN5O3S. The van der Waals surface area contributed by atoms with Gasteiger partial charge in [0.1, 0.15) is 11.3 Å². The fraction of sp³-hybridized carbons (Fsp3) is 0. The molecule has 1 amide bonds. The zero-order valence-electron chi connectivity index (χ0n) is 15.0. The van der Waals surface area contributed by atoms with E-state index in [0.717, 1.165) is 5.56 Å². The van der Waals surface area contributed by atoms with E-state index in [4.69, 9.17) is 21.4 Å². The Hall–Kier alpha value is -3.56. The molecule has 2 aromatic heterocycles. The molecule has 0 radical (unpaired) electrons. The predicted octanol–water partition coefficient (Wildman–Crippen LogP) is 3.51. The van der Waals surface area contributed by atoms with Crippen molar-refractivity contribution < 1.29 is 9.21 Å². The van der Waals surface area contributed by atoms with Crippen molar-refractivity contribution in [3.05, 3.63) is 80.9 Å². The molecule has 0 aliphatic carbocycles. The molecule has 0 atom stereocenters. The van der Waals surface area contributed by atoms with Crippen LogP contribution in [0.1, 0.15) is 11.1 Å². The molecule has 0 saturated carbocycles. The number of pyridine rings is 1. The van der Waals surface area contributed by atoms with E-state index in [9.17, 15) is 9.59 Å². The van der Waals surface area contributed by atoms with Gasteiger partial charge >= 0.3 is 0 Å². The van der Waals surface area contributed by atoms with Crippen molar-refractivity contribution >= 4 is 62.4 Å². The van der Waals surface area contributed by atoms with Crippen LogP contribution >= 0.6 is 23.4 Å². The second-order valence-corrected chi connectivity index (χ2v) is 7.66. The van der Waals surface area contributed by atoms with Crippen molar-refractivity contribution in [2.24, 2.45) is 10.1 Å². The molecule has 5 rings (SSSR count). The number of carbonyl (C=O) groups is 1. The Morgan fingerprint density at radius 1 is 1.17 bits per heavy atom. The number of halogens is 1. The molecule has 30 heavy (non-hydrogen) atoms. The monoisotopic (exact) mass is 435 g/mol. The summed E-state index contributed by atoms with van der Waals surface area (Å²) in [6.45, 7) is 0. The van der Waals surface area contributed by atoms with Gasteiger partial charge in [0.25, 0.3) is 5.91 Å². The zero-order chi connectivity index (χ0) is 20.8. The van der Waals surface area contributed by atoms with Gasteiger partial charge in [-0.15, -0.1) is 0 Å². The van der Waals surface area contributed by atoms with Crippen molar-refractivity contribution in [1.29, 1.82) is 5.41 Å². The minimum atomic E-state index is -0.629. The molecule has 0 spiro atoms. The van der Waals surface area contributed by atoms with Crippen molar-refractivity contribution in [2.45, 2.75) is 0 Å². The van der Waals surface area contributed by atoms with E-state index in [-0.39, 0.29) is 38.5 Å². The summed E-state index contributed by atoms with van der Waals surface area (Å²) in [4.78, 5) is 33.4. The number of hydrazone groups is 1. The van der Waals surface area contributed by atoms with Crippen LogP contribution in [-0.4, -0.2) is 31.9 Å². The van der Waals surface area contributed by atoms with Crippen LogP contribution in [0.4, 0.5) is 0 Å². The van der Waals surface area contributed by atoms with Crippen molar-refractivity contribution in [1.82, 2.24) is 9.99 Å². The first-order valence-corrected chi connectivity index (χ1v) is 9.83. The average molecular weight is 436 g/mol. The molecule has 1 aromatic carbocycles. The molecule has 10 heteroatoms. The number of amidine groups is 2. The van der Waals surface area contributed by atoms with Gasteiger partial charge in [-0.1, -0.05) is 17.7 Å². The second kappa shape index (κ2) is 7.05. The number of nitrogens with one attached hydrogen (secondary N) is 1. The van der Waals surface area contributed by atoms with Crippen LogP contribution in [-0.2, 0) is 4.79 Å². The maximum atomic E-state index is 12.8. The normalized spacial score (nSPS) is 17.4. The van der Waals surface area contributed by atoms with Crippen LogP contribution in [0.2, 0.25) is 5.02 Å². The number of aliphatic imine (C=N–C) groups is 1. The summed E-state index contributed by atoms with van der Waals surface area (Å²) in [5, 5.41) is 15.6. The Kier molecular flexibility index (Phi) is 4.34. The Bertz CT molecular complexity index is 1390. The molecular weight excluding hydrogens is 426 g/mol. The average Bonchev–Trinajstić information content (AvgIpc) is 3.18. The number of fused-ring (bicyclic) bond motifs is 2. The third-order valence-corrected chi connectivity index (χ3v) is 5.71. The molecule has 0 fully saturated rings. The Morgan fingerprint density at radius 2 is 1.97 bits per heavy atom. The summed E-state index contributed by atoms with van der Waals surface area (Å²) in [5.41, 5.74) is 0.747. The fourth-order valence-electron chi connectivity index (χ4n) is 3.00. The molecule has 0 bridgehead atoms. The number of carbonyl (C=O) groups excluding carboxylic acids is 1. The number of aromatic nitrogens is 1. The van der Waals surface area contributed by atoms with E-state index >= 15 is 0 Å². The first kappa shape index (κ1) is 18.5. The highest BCUT2D eigenvalue weighted by atomic mass is 35.5. The lowest BCUT2D eigenvalue weighted by Gasteiger charge is -2.20. The first-order valence-electron chi connectivity index (χ1n) is 8.63. The Balaban J connectivity index is 1.56. The molecule has 146 valence electrons. The second-order valence-electron chi connectivity index (χ2n) is 6.30. The van der Waals surface area contributed by atoms with E-state index in [1.54, 1.807) is 42.7 Å². The van der Waals surface area contributed by atoms with Crippen LogP contribution in [0.5, 0.6) is 0 Å². The molecule has 2 aliphatic heterocycles. The molecule has 8 nitrogen and oxygen atoms in total. The Morgan fingerprint density at radius 3 is 2.77 bits per heavy atom. The summed E-state index contributed by atoms with van der Waals surface area (Å²) >= 11 is 7.25. The van der Waals surface area contributed by atoms with Gasteiger partial charge in [-0.25, -0.2) is 0 Å². The van der Waals surface area contributed by atoms with Gasteiger partial charge < -0.3 is 4.42 Å². The van der Waals surface area contributed by atoms with E-state index in [1.165, 1.54) is 29.1 Å². The van der Waals surface area contributed by atoms with Crippen LogP contribution in [0.3, 0.4) is 0 Å². The maximum Gasteiger partial charge on any atom is 0.283 e. The van der Waals surface area contributed by atoms with Gasteiger partial charge in [0.05, 0.1) is 21.5 Å². The first-order chi connectivity index (χ1) is 14.5.